The van der Waals surface area contributed by atoms with E-state index in [9.17, 15) is 9.59 Å². The van der Waals surface area contributed by atoms with Gasteiger partial charge in [-0.1, -0.05) is 48.5 Å². The Bertz CT molecular complexity index is 1100. The molecular formula is C25H28N2O4S. The first-order valence-electron chi connectivity index (χ1n) is 10.8. The molecule has 3 aromatic rings. The number of carbonyl (C=O) groups excluding carboxylic acids is 2. The Morgan fingerprint density at radius 3 is 2.34 bits per heavy atom. The van der Waals surface area contributed by atoms with Crippen LogP contribution in [0.15, 0.2) is 54.6 Å². The van der Waals surface area contributed by atoms with Gasteiger partial charge in [0.15, 0.2) is 0 Å². The van der Waals surface area contributed by atoms with E-state index in [0.29, 0.717) is 25.9 Å². The zero-order chi connectivity index (χ0) is 22.7. The second-order valence-corrected chi connectivity index (χ2v) is 9.92. The number of fused-ring (bicyclic) bond motifs is 1. The van der Waals surface area contributed by atoms with E-state index in [4.69, 9.17) is 9.47 Å². The number of anilines is 1. The lowest BCUT2D eigenvalue weighted by atomic mass is 10.0. The molecule has 0 bridgehead atoms. The van der Waals surface area contributed by atoms with Gasteiger partial charge >= 0.3 is 12.2 Å². The number of likely N-dealkylation sites (tertiary alicyclic amines) is 1. The number of piperidine rings is 1. The van der Waals surface area contributed by atoms with Crippen molar-refractivity contribution in [3.05, 3.63) is 54.6 Å². The molecular weight excluding hydrogens is 424 g/mol. The molecule has 1 fully saturated rings. The monoisotopic (exact) mass is 452 g/mol. The van der Waals surface area contributed by atoms with Crippen LogP contribution in [0.5, 0.6) is 0 Å². The van der Waals surface area contributed by atoms with E-state index in [1.54, 1.807) is 4.90 Å². The van der Waals surface area contributed by atoms with Crippen LogP contribution in [0, 0.1) is 0 Å². The summed E-state index contributed by atoms with van der Waals surface area (Å²) in [5.41, 5.74) is 1.53. The maximum absolute atomic E-state index is 12.7. The highest BCUT2D eigenvalue weighted by Gasteiger charge is 2.29. The van der Waals surface area contributed by atoms with Gasteiger partial charge in [0, 0.05) is 41.6 Å². The second-order valence-electron chi connectivity index (χ2n) is 8.87. The molecule has 32 heavy (non-hydrogen) atoms. The number of carbonyl (C=O) groups is 2. The van der Waals surface area contributed by atoms with E-state index in [-0.39, 0.29) is 12.2 Å². The molecule has 0 atom stereocenters. The Morgan fingerprint density at radius 1 is 1.00 bits per heavy atom. The molecule has 2 aromatic carbocycles. The molecule has 1 aromatic heterocycles. The molecule has 2 heterocycles. The van der Waals surface area contributed by atoms with Crippen LogP contribution in [0.4, 0.5) is 14.6 Å². The zero-order valence-corrected chi connectivity index (χ0v) is 19.4. The summed E-state index contributed by atoms with van der Waals surface area (Å²) in [6, 6.07) is 18.1. The minimum absolute atomic E-state index is 0.233. The number of nitrogens with zero attached hydrogens (tertiary/aromatic N) is 1. The number of hydrogen-bond acceptors (Lipinski definition) is 5. The van der Waals surface area contributed by atoms with Crippen molar-refractivity contribution in [1.82, 2.24) is 4.90 Å². The Morgan fingerprint density at radius 2 is 1.66 bits per heavy atom. The highest BCUT2D eigenvalue weighted by atomic mass is 32.1. The summed E-state index contributed by atoms with van der Waals surface area (Å²) in [4.78, 5) is 26.6. The first kappa shape index (κ1) is 22.1. The molecule has 0 radical (unpaired) electrons. The van der Waals surface area contributed by atoms with Crippen LogP contribution in [0.2, 0.25) is 0 Å². The van der Waals surface area contributed by atoms with Crippen LogP contribution in [0.1, 0.15) is 33.6 Å². The molecule has 1 N–H and O–H groups in total. The third kappa shape index (κ3) is 5.22. The lowest BCUT2D eigenvalue weighted by Crippen LogP contribution is -2.44. The Hall–Kier alpha value is -3.06. The zero-order valence-electron chi connectivity index (χ0n) is 18.6. The summed E-state index contributed by atoms with van der Waals surface area (Å²) in [6.07, 6.45) is 0.153. The highest BCUT2D eigenvalue weighted by molar-refractivity contribution is 7.23. The summed E-state index contributed by atoms with van der Waals surface area (Å²) >= 11 is 1.54. The van der Waals surface area contributed by atoms with Crippen LogP contribution < -0.4 is 5.32 Å². The van der Waals surface area contributed by atoms with Crippen molar-refractivity contribution in [1.29, 1.82) is 0 Å². The normalized spacial score (nSPS) is 14.9. The molecule has 2 amide bonds. The second kappa shape index (κ2) is 9.20. The molecule has 0 aliphatic carbocycles. The highest BCUT2D eigenvalue weighted by Crippen LogP contribution is 2.42. The SMILES string of the molecule is CC(C)(C)OC(=O)N1CCC(OC(=O)Nc2sc3ccccc3c2-c2ccccc2)CC1. The molecule has 1 aliphatic rings. The quantitative estimate of drug-likeness (QED) is 0.491. The van der Waals surface area contributed by atoms with Crippen molar-refractivity contribution in [3.8, 4) is 11.1 Å². The van der Waals surface area contributed by atoms with Gasteiger partial charge in [0.1, 0.15) is 16.7 Å². The van der Waals surface area contributed by atoms with E-state index < -0.39 is 11.7 Å². The van der Waals surface area contributed by atoms with Crippen molar-refractivity contribution in [2.75, 3.05) is 18.4 Å². The topological polar surface area (TPSA) is 67.9 Å². The molecule has 1 saturated heterocycles. The third-order valence-electron chi connectivity index (χ3n) is 5.24. The van der Waals surface area contributed by atoms with Gasteiger partial charge in [-0.2, -0.15) is 0 Å². The Balaban J connectivity index is 1.41. The minimum Gasteiger partial charge on any atom is -0.446 e. The van der Waals surface area contributed by atoms with Crippen molar-refractivity contribution < 1.29 is 19.1 Å². The van der Waals surface area contributed by atoms with E-state index in [2.05, 4.69) is 17.4 Å². The maximum Gasteiger partial charge on any atom is 0.412 e. The minimum atomic E-state index is -0.523. The van der Waals surface area contributed by atoms with Gasteiger partial charge in [-0.3, -0.25) is 5.32 Å². The van der Waals surface area contributed by atoms with E-state index in [0.717, 1.165) is 26.2 Å². The van der Waals surface area contributed by atoms with Crippen LogP contribution in [-0.2, 0) is 9.47 Å². The maximum atomic E-state index is 12.7. The van der Waals surface area contributed by atoms with Crippen molar-refractivity contribution in [3.63, 3.8) is 0 Å². The van der Waals surface area contributed by atoms with Gasteiger partial charge < -0.3 is 14.4 Å². The van der Waals surface area contributed by atoms with E-state index >= 15 is 0 Å². The van der Waals surface area contributed by atoms with Gasteiger partial charge in [0.25, 0.3) is 0 Å². The third-order valence-corrected chi connectivity index (χ3v) is 6.33. The van der Waals surface area contributed by atoms with Gasteiger partial charge in [0.2, 0.25) is 0 Å². The van der Waals surface area contributed by atoms with Crippen LogP contribution >= 0.6 is 11.3 Å². The Kier molecular flexibility index (Phi) is 6.37. The van der Waals surface area contributed by atoms with E-state index in [1.807, 2.05) is 63.2 Å². The molecule has 168 valence electrons. The first-order chi connectivity index (χ1) is 15.3. The van der Waals surface area contributed by atoms with Crippen molar-refractivity contribution in [2.45, 2.75) is 45.3 Å². The lowest BCUT2D eigenvalue weighted by Gasteiger charge is -2.33. The predicted octanol–water partition coefficient (Wildman–Crippen LogP) is 6.52. The molecule has 0 unspecified atom stereocenters. The summed E-state index contributed by atoms with van der Waals surface area (Å²) < 4.78 is 12.2. The molecule has 0 saturated carbocycles. The average molecular weight is 453 g/mol. The standard InChI is InChI=1S/C25H28N2O4S/c1-25(2,3)31-24(29)27-15-13-18(14-16-27)30-23(28)26-22-21(17-9-5-4-6-10-17)19-11-7-8-12-20(19)32-22/h4-12,18H,13-16H2,1-3H3,(H,26,28). The smallest absolute Gasteiger partial charge is 0.412 e. The number of ether oxygens (including phenoxy) is 2. The molecule has 0 spiro atoms. The van der Waals surface area contributed by atoms with Crippen molar-refractivity contribution >= 4 is 38.6 Å². The fourth-order valence-electron chi connectivity index (χ4n) is 3.78. The van der Waals surface area contributed by atoms with Crippen molar-refractivity contribution in [2.24, 2.45) is 0 Å². The number of hydrogen-bond donors (Lipinski definition) is 1. The lowest BCUT2D eigenvalue weighted by molar-refractivity contribution is 0.00794. The Labute approximate surface area is 192 Å². The summed E-state index contributed by atoms with van der Waals surface area (Å²) in [6.45, 7) is 6.56. The van der Waals surface area contributed by atoms with Crippen LogP contribution in [0.3, 0.4) is 0 Å². The summed E-state index contributed by atoms with van der Waals surface area (Å²) in [5.74, 6) is 0. The number of rotatable bonds is 3. The fourth-order valence-corrected chi connectivity index (χ4v) is 4.89. The fraction of sp³-hybridized carbons (Fsp3) is 0.360. The number of thiophene rings is 1. The predicted molar refractivity (Wildman–Crippen MR) is 128 cm³/mol. The number of amides is 2. The van der Waals surface area contributed by atoms with Gasteiger partial charge in [-0.15, -0.1) is 11.3 Å². The van der Waals surface area contributed by atoms with Gasteiger partial charge in [-0.05, 0) is 32.4 Å². The van der Waals surface area contributed by atoms with Gasteiger partial charge in [0.05, 0.1) is 0 Å². The number of benzene rings is 2. The molecule has 1 aliphatic heterocycles. The first-order valence-corrected chi connectivity index (χ1v) is 11.6. The van der Waals surface area contributed by atoms with E-state index in [1.165, 1.54) is 11.3 Å². The van der Waals surface area contributed by atoms with Crippen LogP contribution in [0.25, 0.3) is 21.2 Å². The van der Waals surface area contributed by atoms with Gasteiger partial charge in [-0.25, -0.2) is 9.59 Å². The average Bonchev–Trinajstić information content (AvgIpc) is 3.11. The summed E-state index contributed by atoms with van der Waals surface area (Å²) in [5, 5.41) is 4.84. The summed E-state index contributed by atoms with van der Waals surface area (Å²) in [7, 11) is 0. The largest absolute Gasteiger partial charge is 0.446 e. The van der Waals surface area contributed by atoms with Crippen LogP contribution in [-0.4, -0.2) is 41.9 Å². The molecule has 7 heteroatoms. The molecule has 4 rings (SSSR count). The molecule has 6 nitrogen and oxygen atoms in total. The number of nitrogens with one attached hydrogen (secondary N) is 1.